The van der Waals surface area contributed by atoms with E-state index in [9.17, 15) is 9.81 Å². The second-order valence-electron chi connectivity index (χ2n) is 1.58. The molecule has 0 aromatic heterocycles. The van der Waals surface area contributed by atoms with E-state index in [2.05, 4.69) is 60.9 Å². The van der Waals surface area contributed by atoms with Gasteiger partial charge in [0.25, 0.3) is 0 Å². The summed E-state index contributed by atoms with van der Waals surface area (Å²) in [6.45, 7) is 19.8. The number of nitroso groups, excluding NO2 is 2. The van der Waals surface area contributed by atoms with E-state index in [1.54, 1.807) is 0 Å². The molecule has 0 unspecified atom stereocenters. The van der Waals surface area contributed by atoms with Gasteiger partial charge in [-0.15, -0.1) is 49.3 Å². The number of nitrogens with two attached hydrogens (primary N) is 2. The van der Waals surface area contributed by atoms with Gasteiger partial charge in [-0.3, -0.25) is 10.9 Å². The Morgan fingerprint density at radius 3 is 1.06 bits per heavy atom. The van der Waals surface area contributed by atoms with Crippen molar-refractivity contribution in [2.75, 3.05) is 26.2 Å². The van der Waals surface area contributed by atoms with E-state index in [4.69, 9.17) is 11.5 Å². The Morgan fingerprint density at radius 2 is 0.944 bits per heavy atom. The van der Waals surface area contributed by atoms with Crippen LogP contribution in [0.1, 0.15) is 0 Å². The standard InChI is InChI=1S/C2H6N4O2.C2H8N2.3C2H4/c7-5-3-1-2-4-6-8;3-1-2-4;3*1-2/h1-2H2,(H,3,7)(H,4,8);1-4H2;3*1-2H2. The number of hydrogen-bond donors (Lipinski definition) is 4. The largest absolute Gasteiger partial charge is 0.329 e. The first-order valence-corrected chi connectivity index (χ1v) is 4.84. The molecule has 0 aromatic rings. The average Bonchev–Trinajstić information content (AvgIpc) is 2.50. The van der Waals surface area contributed by atoms with Gasteiger partial charge in [0.15, 0.2) is 0 Å². The first-order valence-electron chi connectivity index (χ1n) is 4.84. The van der Waals surface area contributed by atoms with Crippen LogP contribution in [0.2, 0.25) is 0 Å². The first-order chi connectivity index (χ1) is 8.83. The zero-order valence-electron chi connectivity index (χ0n) is 10.9. The summed E-state index contributed by atoms with van der Waals surface area (Å²) < 4.78 is 0. The Kier molecular flexibility index (Phi) is 136. The molecule has 0 amide bonds. The third-order valence-electron chi connectivity index (χ3n) is 0.644. The number of hydrogen-bond acceptors (Lipinski definition) is 6. The molecule has 0 saturated carbocycles. The summed E-state index contributed by atoms with van der Waals surface area (Å²) in [7, 11) is 0. The smallest absolute Gasteiger partial charge is 0.0552 e. The van der Waals surface area contributed by atoms with Crippen molar-refractivity contribution in [2.45, 2.75) is 0 Å². The van der Waals surface area contributed by atoms with E-state index < -0.39 is 0 Å². The normalized spacial score (nSPS) is 5.67. The van der Waals surface area contributed by atoms with Crippen molar-refractivity contribution in [1.82, 2.24) is 10.9 Å². The molecule has 18 heavy (non-hydrogen) atoms. The van der Waals surface area contributed by atoms with Gasteiger partial charge in [-0.1, -0.05) is 0 Å². The van der Waals surface area contributed by atoms with Crippen LogP contribution in [0, 0.1) is 9.81 Å². The minimum Gasteiger partial charge on any atom is -0.329 e. The lowest BCUT2D eigenvalue weighted by molar-refractivity contribution is 0.646. The van der Waals surface area contributed by atoms with E-state index in [-0.39, 0.29) is 0 Å². The van der Waals surface area contributed by atoms with Crippen LogP contribution in [0.15, 0.2) is 50.0 Å². The monoisotopic (exact) mass is 262 g/mol. The number of nitrogens with one attached hydrogen (secondary N) is 2. The summed E-state index contributed by atoms with van der Waals surface area (Å²) in [5, 5.41) is 4.65. The summed E-state index contributed by atoms with van der Waals surface area (Å²) in [4.78, 5) is 18.5. The van der Waals surface area contributed by atoms with E-state index in [1.165, 1.54) is 0 Å². The molecule has 0 rings (SSSR count). The molecular weight excluding hydrogens is 236 g/mol. The highest BCUT2D eigenvalue weighted by Crippen LogP contribution is 1.56. The van der Waals surface area contributed by atoms with Gasteiger partial charge in [0.2, 0.25) is 0 Å². The number of nitrogens with zero attached hydrogens (tertiary/aromatic N) is 2. The summed E-state index contributed by atoms with van der Waals surface area (Å²) in [6, 6.07) is 0. The summed E-state index contributed by atoms with van der Waals surface area (Å²) >= 11 is 0. The molecule has 0 spiro atoms. The number of rotatable bonds is 6. The third-order valence-corrected chi connectivity index (χ3v) is 0.644. The Balaban J connectivity index is -0.0000000477. The van der Waals surface area contributed by atoms with Gasteiger partial charge < -0.3 is 11.5 Å². The summed E-state index contributed by atoms with van der Waals surface area (Å²) in [5.74, 6) is 0. The molecule has 0 aliphatic heterocycles. The maximum absolute atomic E-state index is 9.27. The maximum Gasteiger partial charge on any atom is 0.0552 e. The van der Waals surface area contributed by atoms with Crippen LogP contribution in [0.25, 0.3) is 0 Å². The Hall–Kier alpha value is -2.06. The quantitative estimate of drug-likeness (QED) is 0.242. The van der Waals surface area contributed by atoms with Crippen LogP contribution in [0.3, 0.4) is 0 Å². The third kappa shape index (κ3) is 150. The van der Waals surface area contributed by atoms with Crippen molar-refractivity contribution < 1.29 is 0 Å². The molecule has 8 heteroatoms. The van der Waals surface area contributed by atoms with E-state index in [0.717, 1.165) is 0 Å². The second-order valence-corrected chi connectivity index (χ2v) is 1.58. The van der Waals surface area contributed by atoms with Gasteiger partial charge in [0, 0.05) is 23.7 Å². The lowest BCUT2D eigenvalue weighted by Crippen LogP contribution is -2.19. The fourth-order valence-corrected chi connectivity index (χ4v) is 0.203. The molecule has 0 radical (unpaired) electrons. The van der Waals surface area contributed by atoms with Gasteiger partial charge in [0.05, 0.1) is 13.1 Å². The van der Waals surface area contributed by atoms with Crippen LogP contribution in [0.4, 0.5) is 0 Å². The molecule has 0 aromatic carbocycles. The molecule has 0 atom stereocenters. The highest BCUT2D eigenvalue weighted by molar-refractivity contribution is 4.40. The van der Waals surface area contributed by atoms with Crippen LogP contribution < -0.4 is 22.3 Å². The Bertz CT molecular complexity index is 121. The van der Waals surface area contributed by atoms with Crippen LogP contribution >= 0.6 is 0 Å². The molecule has 0 bridgehead atoms. The van der Waals surface area contributed by atoms with Gasteiger partial charge in [-0.05, 0) is 0 Å². The van der Waals surface area contributed by atoms with E-state index in [1.807, 2.05) is 0 Å². The topological polar surface area (TPSA) is 135 Å². The van der Waals surface area contributed by atoms with Crippen molar-refractivity contribution in [1.29, 1.82) is 0 Å². The molecular formula is C10H26N6O2. The summed E-state index contributed by atoms with van der Waals surface area (Å²) in [6.07, 6.45) is 0. The molecule has 6 N–H and O–H groups in total. The fraction of sp³-hybridized carbons (Fsp3) is 0.400. The lowest BCUT2D eigenvalue weighted by Gasteiger charge is -1.91. The van der Waals surface area contributed by atoms with Crippen LogP contribution in [-0.2, 0) is 0 Å². The van der Waals surface area contributed by atoms with Crippen LogP contribution in [-0.4, -0.2) is 26.2 Å². The molecule has 0 saturated heterocycles. The first kappa shape index (κ1) is 29.7. The van der Waals surface area contributed by atoms with E-state index in [0.29, 0.717) is 26.2 Å². The van der Waals surface area contributed by atoms with Gasteiger partial charge >= 0.3 is 0 Å². The molecule has 0 fully saturated rings. The minimum atomic E-state index is 0.315. The highest BCUT2D eigenvalue weighted by atomic mass is 16.3. The van der Waals surface area contributed by atoms with Gasteiger partial charge in [-0.25, -0.2) is 0 Å². The summed E-state index contributed by atoms with van der Waals surface area (Å²) in [5.41, 5.74) is 14.0. The van der Waals surface area contributed by atoms with Crippen molar-refractivity contribution in [2.24, 2.45) is 22.0 Å². The predicted molar refractivity (Wildman–Crippen MR) is 79.5 cm³/mol. The van der Waals surface area contributed by atoms with Crippen molar-refractivity contribution in [3.8, 4) is 0 Å². The zero-order chi connectivity index (χ0) is 15.7. The van der Waals surface area contributed by atoms with E-state index >= 15 is 0 Å². The minimum absolute atomic E-state index is 0.315. The Labute approximate surface area is 109 Å². The Morgan fingerprint density at radius 1 is 0.722 bits per heavy atom. The molecule has 0 heterocycles. The second kappa shape index (κ2) is 82.3. The maximum atomic E-state index is 9.27. The molecule has 0 aliphatic rings. The van der Waals surface area contributed by atoms with Crippen LogP contribution in [0.5, 0.6) is 0 Å². The molecule has 0 aliphatic carbocycles. The SMILES string of the molecule is C=C.C=C.C=C.NCCN.O=NNCCNN=O. The van der Waals surface area contributed by atoms with Crippen molar-refractivity contribution in [3.63, 3.8) is 0 Å². The van der Waals surface area contributed by atoms with Gasteiger partial charge in [-0.2, -0.15) is 0 Å². The molecule has 8 nitrogen and oxygen atoms in total. The highest BCUT2D eigenvalue weighted by Gasteiger charge is 1.79. The van der Waals surface area contributed by atoms with Crippen molar-refractivity contribution >= 4 is 0 Å². The zero-order valence-corrected chi connectivity index (χ0v) is 10.9. The average molecular weight is 262 g/mol. The molecule has 108 valence electrons. The lowest BCUT2D eigenvalue weighted by atomic mass is 10.7. The fourth-order valence-electron chi connectivity index (χ4n) is 0.203. The predicted octanol–water partition coefficient (Wildman–Crippen LogP) is 0.839. The van der Waals surface area contributed by atoms with Crippen molar-refractivity contribution in [3.05, 3.63) is 49.3 Å². The van der Waals surface area contributed by atoms with Gasteiger partial charge in [0.1, 0.15) is 0 Å².